The molecular weight excluding hydrogens is 448 g/mol. The fourth-order valence-electron chi connectivity index (χ4n) is 3.32. The van der Waals surface area contributed by atoms with E-state index in [4.69, 9.17) is 25.6 Å². The van der Waals surface area contributed by atoms with Gasteiger partial charge in [0.2, 0.25) is 12.6 Å². The lowest BCUT2D eigenvalue weighted by Crippen LogP contribution is -2.14. The summed E-state index contributed by atoms with van der Waals surface area (Å²) < 4.78 is 45.8. The maximum absolute atomic E-state index is 13.3. The highest BCUT2D eigenvalue weighted by atomic mass is 35.5. The van der Waals surface area contributed by atoms with Crippen molar-refractivity contribution < 1.29 is 22.4 Å². The molecule has 7 nitrogen and oxygen atoms in total. The number of rotatable bonds is 5. The van der Waals surface area contributed by atoms with Gasteiger partial charge in [-0.2, -0.15) is 0 Å². The van der Waals surface area contributed by atoms with Crippen LogP contribution in [0, 0.1) is 6.92 Å². The molecule has 154 valence electrons. The van der Waals surface area contributed by atoms with Crippen molar-refractivity contribution in [3.63, 3.8) is 0 Å². The van der Waals surface area contributed by atoms with Crippen molar-refractivity contribution in [1.82, 2.24) is 5.16 Å². The van der Waals surface area contributed by atoms with E-state index in [9.17, 15) is 8.42 Å². The van der Waals surface area contributed by atoms with Crippen LogP contribution in [0.1, 0.15) is 16.2 Å². The molecule has 0 bridgehead atoms. The van der Waals surface area contributed by atoms with Crippen molar-refractivity contribution in [2.24, 2.45) is 0 Å². The topological polar surface area (TPSA) is 90.7 Å². The molecule has 4 aromatic rings. The summed E-state index contributed by atoms with van der Waals surface area (Å²) in [4.78, 5) is 0.899. The smallest absolute Gasteiger partial charge is 0.264 e. The number of sulfonamides is 1. The van der Waals surface area contributed by atoms with Crippen molar-refractivity contribution in [3.8, 4) is 11.5 Å². The summed E-state index contributed by atoms with van der Waals surface area (Å²) in [6, 6.07) is 13.0. The molecule has 30 heavy (non-hydrogen) atoms. The van der Waals surface area contributed by atoms with Gasteiger partial charge in [-0.05, 0) is 30.7 Å². The zero-order valence-electron chi connectivity index (χ0n) is 15.6. The predicted molar refractivity (Wildman–Crippen MR) is 114 cm³/mol. The highest BCUT2D eigenvalue weighted by Crippen LogP contribution is 2.39. The minimum Gasteiger partial charge on any atom is -0.454 e. The quantitative estimate of drug-likeness (QED) is 0.450. The molecule has 10 heteroatoms. The molecule has 5 rings (SSSR count). The summed E-state index contributed by atoms with van der Waals surface area (Å²) in [5.41, 5.74) is 0.914. The van der Waals surface area contributed by atoms with Crippen molar-refractivity contribution in [3.05, 3.63) is 63.7 Å². The first-order valence-electron chi connectivity index (χ1n) is 8.96. The Kier molecular flexibility index (Phi) is 4.61. The van der Waals surface area contributed by atoms with Crippen molar-refractivity contribution >= 4 is 48.9 Å². The summed E-state index contributed by atoms with van der Waals surface area (Å²) in [6.07, 6.45) is 0.414. The normalized spacial score (nSPS) is 13.1. The minimum atomic E-state index is -3.97. The number of hydrogen-bond donors (Lipinski definition) is 1. The van der Waals surface area contributed by atoms with Crippen LogP contribution >= 0.6 is 22.9 Å². The first kappa shape index (κ1) is 19.2. The summed E-state index contributed by atoms with van der Waals surface area (Å²) in [5.74, 6) is 1.64. The Morgan fingerprint density at radius 2 is 1.97 bits per heavy atom. The maximum atomic E-state index is 13.3. The second-order valence-electron chi connectivity index (χ2n) is 6.72. The fourth-order valence-corrected chi connectivity index (χ4v) is 6.48. The number of hydrogen-bond acceptors (Lipinski definition) is 7. The number of benzene rings is 2. The largest absolute Gasteiger partial charge is 0.454 e. The molecule has 2 aromatic carbocycles. The van der Waals surface area contributed by atoms with E-state index in [1.54, 1.807) is 13.0 Å². The van der Waals surface area contributed by atoms with Gasteiger partial charge in [-0.1, -0.05) is 41.0 Å². The molecule has 0 aliphatic carbocycles. The Bertz CT molecular complexity index is 1380. The Labute approximate surface area is 181 Å². The van der Waals surface area contributed by atoms with Gasteiger partial charge in [-0.15, -0.1) is 11.3 Å². The SMILES string of the molecule is Cc1onc(NS(=O)(=O)c2c(Cc3ccc4c(c3)OCO4)sc3ccccc23)c1Cl. The van der Waals surface area contributed by atoms with Gasteiger partial charge >= 0.3 is 0 Å². The summed E-state index contributed by atoms with van der Waals surface area (Å²) in [7, 11) is -3.97. The minimum absolute atomic E-state index is 0.0292. The van der Waals surface area contributed by atoms with Crippen molar-refractivity contribution in [2.75, 3.05) is 11.5 Å². The van der Waals surface area contributed by atoms with Crippen molar-refractivity contribution in [2.45, 2.75) is 18.2 Å². The molecule has 0 saturated carbocycles. The van der Waals surface area contributed by atoms with Crippen LogP contribution < -0.4 is 14.2 Å². The number of fused-ring (bicyclic) bond motifs is 2. The van der Waals surface area contributed by atoms with Gasteiger partial charge in [0.15, 0.2) is 17.3 Å². The Morgan fingerprint density at radius 1 is 1.17 bits per heavy atom. The third kappa shape index (κ3) is 3.28. The molecule has 0 amide bonds. The fraction of sp³-hybridized carbons (Fsp3) is 0.150. The molecule has 1 aliphatic rings. The molecule has 0 spiro atoms. The lowest BCUT2D eigenvalue weighted by molar-refractivity contribution is 0.174. The lowest BCUT2D eigenvalue weighted by Gasteiger charge is -2.08. The maximum Gasteiger partial charge on any atom is 0.264 e. The lowest BCUT2D eigenvalue weighted by atomic mass is 10.1. The number of thiophene rings is 1. The Balaban J connectivity index is 1.59. The second kappa shape index (κ2) is 7.19. The average molecular weight is 463 g/mol. The zero-order valence-corrected chi connectivity index (χ0v) is 18.0. The summed E-state index contributed by atoms with van der Waals surface area (Å²) >= 11 is 7.54. The number of ether oxygens (including phenoxy) is 2. The van der Waals surface area contributed by atoms with E-state index in [2.05, 4.69) is 9.88 Å². The van der Waals surface area contributed by atoms with Gasteiger partial charge in [0.25, 0.3) is 10.0 Å². The van der Waals surface area contributed by atoms with Gasteiger partial charge in [-0.3, -0.25) is 4.72 Å². The van der Waals surface area contributed by atoms with Gasteiger partial charge in [0, 0.05) is 21.4 Å². The van der Waals surface area contributed by atoms with Gasteiger partial charge < -0.3 is 14.0 Å². The third-order valence-corrected chi connectivity index (χ3v) is 7.92. The van der Waals surface area contributed by atoms with E-state index in [-0.39, 0.29) is 22.5 Å². The molecular formula is C20H15ClN2O5S2. The molecule has 0 unspecified atom stereocenters. The molecule has 0 radical (unpaired) electrons. The van der Waals surface area contributed by atoms with Gasteiger partial charge in [-0.25, -0.2) is 8.42 Å². The van der Waals surface area contributed by atoms with Crippen LogP contribution in [-0.4, -0.2) is 20.4 Å². The van der Waals surface area contributed by atoms with Crippen LogP contribution in [0.3, 0.4) is 0 Å². The number of halogens is 1. The predicted octanol–water partition coefficient (Wildman–Crippen LogP) is 4.97. The summed E-state index contributed by atoms with van der Waals surface area (Å²) in [5, 5.41) is 4.49. The second-order valence-corrected chi connectivity index (χ2v) is 9.86. The third-order valence-electron chi connectivity index (χ3n) is 4.71. The van der Waals surface area contributed by atoms with Crippen LogP contribution in [0.5, 0.6) is 11.5 Å². The van der Waals surface area contributed by atoms with E-state index >= 15 is 0 Å². The van der Waals surface area contributed by atoms with E-state index in [0.29, 0.717) is 33.9 Å². The van der Waals surface area contributed by atoms with E-state index in [1.165, 1.54) is 11.3 Å². The van der Waals surface area contributed by atoms with Crippen LogP contribution in [0.4, 0.5) is 5.82 Å². The molecule has 3 heterocycles. The zero-order chi connectivity index (χ0) is 20.9. The molecule has 1 aliphatic heterocycles. The highest BCUT2D eigenvalue weighted by Gasteiger charge is 2.27. The highest BCUT2D eigenvalue weighted by molar-refractivity contribution is 7.93. The van der Waals surface area contributed by atoms with E-state index in [1.807, 2.05) is 36.4 Å². The molecule has 0 atom stereocenters. The number of nitrogens with one attached hydrogen (secondary N) is 1. The standard InChI is InChI=1S/C20H15ClN2O5S2/c1-11-18(21)20(22-28-11)23-30(24,25)19-13-4-2-3-5-16(13)29-17(19)9-12-6-7-14-15(8-12)27-10-26-14/h2-8H,9-10H2,1H3,(H,22,23). The summed E-state index contributed by atoms with van der Waals surface area (Å²) in [6.45, 7) is 1.79. The monoisotopic (exact) mass is 462 g/mol. The van der Waals surface area contributed by atoms with Gasteiger partial charge in [0.1, 0.15) is 9.92 Å². The van der Waals surface area contributed by atoms with Crippen LogP contribution in [0.25, 0.3) is 10.1 Å². The number of aryl methyl sites for hydroxylation is 1. The van der Waals surface area contributed by atoms with Crippen LogP contribution in [0.15, 0.2) is 51.9 Å². The van der Waals surface area contributed by atoms with Crippen LogP contribution in [0.2, 0.25) is 5.02 Å². The molecule has 2 aromatic heterocycles. The van der Waals surface area contributed by atoms with E-state index < -0.39 is 10.0 Å². The Hall–Kier alpha value is -2.75. The number of aromatic nitrogens is 1. The number of anilines is 1. The first-order chi connectivity index (χ1) is 14.4. The first-order valence-corrected chi connectivity index (χ1v) is 11.6. The molecule has 1 N–H and O–H groups in total. The van der Waals surface area contributed by atoms with Crippen LogP contribution in [-0.2, 0) is 16.4 Å². The van der Waals surface area contributed by atoms with Crippen molar-refractivity contribution in [1.29, 1.82) is 0 Å². The number of nitrogens with zero attached hydrogens (tertiary/aromatic N) is 1. The van der Waals surface area contributed by atoms with Gasteiger partial charge in [0.05, 0.1) is 0 Å². The van der Waals surface area contributed by atoms with E-state index in [0.717, 1.165) is 10.3 Å². The molecule has 0 fully saturated rings. The Morgan fingerprint density at radius 3 is 2.77 bits per heavy atom. The molecule has 0 saturated heterocycles. The average Bonchev–Trinajstić information content (AvgIpc) is 3.41.